The topological polar surface area (TPSA) is 23.6 Å². The van der Waals surface area contributed by atoms with Gasteiger partial charge < -0.3 is 0 Å². The first kappa shape index (κ1) is 13.2. The van der Waals surface area contributed by atoms with E-state index >= 15 is 0 Å². The summed E-state index contributed by atoms with van der Waals surface area (Å²) in [6.45, 7) is 15.8. The van der Waals surface area contributed by atoms with Crippen LogP contribution in [-0.2, 0) is 11.0 Å². The largest absolute Gasteiger partial charge is 0.298 e. The summed E-state index contributed by atoms with van der Waals surface area (Å²) in [6.07, 6.45) is 1.07. The predicted molar refractivity (Wildman–Crippen MR) is 72.9 cm³/mol. The van der Waals surface area contributed by atoms with Crippen molar-refractivity contribution in [1.29, 1.82) is 0 Å². The second kappa shape index (κ2) is 4.48. The van der Waals surface area contributed by atoms with Crippen LogP contribution in [0.4, 0.5) is 0 Å². The molecule has 2 unspecified atom stereocenters. The molecular formula is C13H24N2OS. The molecule has 2 aliphatic rings. The van der Waals surface area contributed by atoms with Crippen LogP contribution in [0.1, 0.15) is 34.1 Å². The van der Waals surface area contributed by atoms with Gasteiger partial charge in [0.25, 0.3) is 0 Å². The molecule has 2 rings (SSSR count). The number of hydrogen-bond donors (Lipinski definition) is 0. The lowest BCUT2D eigenvalue weighted by atomic mass is 9.84. The van der Waals surface area contributed by atoms with Crippen LogP contribution < -0.4 is 0 Å². The number of piperazine rings is 1. The molecule has 4 heteroatoms. The Balaban J connectivity index is 2.16. The van der Waals surface area contributed by atoms with E-state index in [0.29, 0.717) is 12.1 Å². The number of rotatable bonds is 1. The number of hydrogen-bond acceptors (Lipinski definition) is 2. The van der Waals surface area contributed by atoms with Crippen LogP contribution in [0, 0.1) is 5.41 Å². The molecule has 3 nitrogen and oxygen atoms in total. The highest BCUT2D eigenvalue weighted by molar-refractivity contribution is 7.86. The maximum absolute atomic E-state index is 12.4. The second-order valence-corrected chi connectivity index (χ2v) is 7.60. The van der Waals surface area contributed by atoms with Gasteiger partial charge in [-0.1, -0.05) is 20.4 Å². The van der Waals surface area contributed by atoms with Gasteiger partial charge in [-0.15, -0.1) is 0 Å². The SMILES string of the molecule is C=C1S(=O)N2CCN(C(C)C)CC2CC1(C)C. The summed E-state index contributed by atoms with van der Waals surface area (Å²) in [5.74, 6) is 0. The lowest BCUT2D eigenvalue weighted by Gasteiger charge is -2.49. The molecule has 2 fully saturated rings. The lowest BCUT2D eigenvalue weighted by Crippen LogP contribution is -2.59. The van der Waals surface area contributed by atoms with Crippen molar-refractivity contribution in [2.24, 2.45) is 5.41 Å². The van der Waals surface area contributed by atoms with E-state index in [9.17, 15) is 4.21 Å². The second-order valence-electron chi connectivity index (χ2n) is 6.14. The van der Waals surface area contributed by atoms with Crippen LogP contribution >= 0.6 is 0 Å². The fourth-order valence-electron chi connectivity index (χ4n) is 2.80. The van der Waals surface area contributed by atoms with Crippen molar-refractivity contribution in [3.05, 3.63) is 11.5 Å². The number of fused-ring (bicyclic) bond motifs is 1. The summed E-state index contributed by atoms with van der Waals surface area (Å²) in [5.41, 5.74) is 0.00597. The van der Waals surface area contributed by atoms with Gasteiger partial charge >= 0.3 is 0 Å². The Labute approximate surface area is 107 Å². The molecule has 17 heavy (non-hydrogen) atoms. The van der Waals surface area contributed by atoms with Crippen molar-refractivity contribution >= 4 is 11.0 Å². The minimum atomic E-state index is -0.987. The Morgan fingerprint density at radius 2 is 2.06 bits per heavy atom. The maximum atomic E-state index is 12.4. The monoisotopic (exact) mass is 256 g/mol. The Morgan fingerprint density at radius 3 is 2.65 bits per heavy atom. The molecule has 2 atom stereocenters. The van der Waals surface area contributed by atoms with Crippen LogP contribution in [0.2, 0.25) is 0 Å². The first-order valence-corrected chi connectivity index (χ1v) is 7.55. The first-order chi connectivity index (χ1) is 7.83. The van der Waals surface area contributed by atoms with Crippen molar-refractivity contribution in [3.63, 3.8) is 0 Å². The molecule has 0 aromatic carbocycles. The molecule has 0 saturated carbocycles. The molecular weight excluding hydrogens is 232 g/mol. The molecule has 2 aliphatic heterocycles. The minimum Gasteiger partial charge on any atom is -0.298 e. The summed E-state index contributed by atoms with van der Waals surface area (Å²) in [5, 5.41) is 0. The smallest absolute Gasteiger partial charge is 0.123 e. The van der Waals surface area contributed by atoms with Gasteiger partial charge in [-0.3, -0.25) is 4.90 Å². The Morgan fingerprint density at radius 1 is 1.41 bits per heavy atom. The van der Waals surface area contributed by atoms with E-state index in [4.69, 9.17) is 0 Å². The normalized spacial score (nSPS) is 35.0. The van der Waals surface area contributed by atoms with Gasteiger partial charge in [0.05, 0.1) is 0 Å². The lowest BCUT2D eigenvalue weighted by molar-refractivity contribution is 0.0863. The van der Waals surface area contributed by atoms with Crippen molar-refractivity contribution in [1.82, 2.24) is 9.21 Å². The van der Waals surface area contributed by atoms with E-state index in [-0.39, 0.29) is 5.41 Å². The average molecular weight is 256 g/mol. The molecule has 0 aromatic rings. The van der Waals surface area contributed by atoms with Crippen LogP contribution in [0.15, 0.2) is 11.5 Å². The molecule has 0 amide bonds. The quantitative estimate of drug-likeness (QED) is 0.716. The first-order valence-electron chi connectivity index (χ1n) is 6.45. The highest BCUT2D eigenvalue weighted by atomic mass is 32.2. The summed E-state index contributed by atoms with van der Waals surface area (Å²) >= 11 is 0. The van der Waals surface area contributed by atoms with Crippen molar-refractivity contribution in [2.75, 3.05) is 19.6 Å². The molecule has 98 valence electrons. The third-order valence-corrected chi connectivity index (χ3v) is 6.00. The van der Waals surface area contributed by atoms with E-state index in [1.807, 2.05) is 0 Å². The molecule has 0 aliphatic carbocycles. The fraction of sp³-hybridized carbons (Fsp3) is 0.846. The third-order valence-electron chi connectivity index (χ3n) is 4.11. The average Bonchev–Trinajstić information content (AvgIpc) is 2.25. The standard InChI is InChI=1S/C13H24N2OS/c1-10(2)14-6-7-15-12(9-14)8-13(4,5)11(3)17(15)16/h10,12H,3,6-9H2,1-2,4-5H3. The van der Waals surface area contributed by atoms with Crippen molar-refractivity contribution in [3.8, 4) is 0 Å². The highest BCUT2D eigenvalue weighted by Crippen LogP contribution is 2.41. The van der Waals surface area contributed by atoms with Gasteiger partial charge in [-0.05, 0) is 20.3 Å². The summed E-state index contributed by atoms with van der Waals surface area (Å²) < 4.78 is 14.5. The molecule has 0 radical (unpaired) electrons. The van der Waals surface area contributed by atoms with Gasteiger partial charge in [0.15, 0.2) is 0 Å². The van der Waals surface area contributed by atoms with E-state index in [1.165, 1.54) is 0 Å². The summed E-state index contributed by atoms with van der Waals surface area (Å²) in [7, 11) is -0.987. The van der Waals surface area contributed by atoms with E-state index in [0.717, 1.165) is 31.0 Å². The summed E-state index contributed by atoms with van der Waals surface area (Å²) in [6, 6.07) is 1.01. The molecule has 0 aromatic heterocycles. The van der Waals surface area contributed by atoms with E-state index in [1.54, 1.807) is 0 Å². The van der Waals surface area contributed by atoms with Gasteiger partial charge in [-0.2, -0.15) is 0 Å². The van der Waals surface area contributed by atoms with Crippen molar-refractivity contribution in [2.45, 2.75) is 46.2 Å². The van der Waals surface area contributed by atoms with Gasteiger partial charge in [0.1, 0.15) is 11.0 Å². The number of allylic oxidation sites excluding steroid dienone is 1. The van der Waals surface area contributed by atoms with E-state index in [2.05, 4.69) is 43.5 Å². The minimum absolute atomic E-state index is 0.00597. The highest BCUT2D eigenvalue weighted by Gasteiger charge is 2.43. The maximum Gasteiger partial charge on any atom is 0.123 e. The van der Waals surface area contributed by atoms with Crippen molar-refractivity contribution < 1.29 is 4.21 Å². The van der Waals surface area contributed by atoms with Crippen LogP contribution in [0.25, 0.3) is 0 Å². The van der Waals surface area contributed by atoms with Gasteiger partial charge in [0, 0.05) is 42.0 Å². The fourth-order valence-corrected chi connectivity index (χ4v) is 4.30. The zero-order valence-corrected chi connectivity index (χ0v) is 12.2. The zero-order chi connectivity index (χ0) is 12.8. The molecule has 2 saturated heterocycles. The van der Waals surface area contributed by atoms with Crippen LogP contribution in [-0.4, -0.2) is 45.1 Å². The summed E-state index contributed by atoms with van der Waals surface area (Å²) in [4.78, 5) is 3.38. The van der Waals surface area contributed by atoms with Crippen LogP contribution in [0.3, 0.4) is 0 Å². The van der Waals surface area contributed by atoms with Crippen LogP contribution in [0.5, 0.6) is 0 Å². The third kappa shape index (κ3) is 2.35. The molecule has 0 bridgehead atoms. The molecule has 2 heterocycles. The Kier molecular flexibility index (Phi) is 3.49. The number of nitrogens with zero attached hydrogens (tertiary/aromatic N) is 2. The predicted octanol–water partition coefficient (Wildman–Crippen LogP) is 1.99. The molecule has 0 N–H and O–H groups in total. The molecule has 0 spiro atoms. The van der Waals surface area contributed by atoms with Gasteiger partial charge in [-0.25, -0.2) is 8.51 Å². The Hall–Kier alpha value is -0.190. The van der Waals surface area contributed by atoms with E-state index < -0.39 is 11.0 Å². The zero-order valence-electron chi connectivity index (χ0n) is 11.4. The Bertz CT molecular complexity index is 351. The van der Waals surface area contributed by atoms with Gasteiger partial charge in [0.2, 0.25) is 0 Å².